The van der Waals surface area contributed by atoms with Crippen molar-refractivity contribution in [3.63, 3.8) is 0 Å². The number of carbonyl (C=O) groups is 1. The number of piperazine rings is 1. The summed E-state index contributed by atoms with van der Waals surface area (Å²) in [6.45, 7) is 7.48. The second-order valence-corrected chi connectivity index (χ2v) is 7.24. The molecular formula is C20H25N5O2. The molecule has 0 radical (unpaired) electrons. The largest absolute Gasteiger partial charge is 0.372 e. The molecule has 3 heterocycles. The molecule has 142 valence electrons. The summed E-state index contributed by atoms with van der Waals surface area (Å²) in [6, 6.07) is 6.21. The Kier molecular flexibility index (Phi) is 5.05. The van der Waals surface area contributed by atoms with Crippen LogP contribution in [0.15, 0.2) is 24.4 Å². The first-order valence-corrected chi connectivity index (χ1v) is 9.34. The lowest BCUT2D eigenvalue weighted by molar-refractivity contribution is 0.0949. The number of benzene rings is 1. The third-order valence-electron chi connectivity index (χ3n) is 5.24. The summed E-state index contributed by atoms with van der Waals surface area (Å²) in [6.07, 6.45) is 1.64. The van der Waals surface area contributed by atoms with Crippen LogP contribution in [0.25, 0.3) is 0 Å². The molecular weight excluding hydrogens is 342 g/mol. The molecule has 2 aliphatic heterocycles. The van der Waals surface area contributed by atoms with Gasteiger partial charge in [0, 0.05) is 38.9 Å². The molecule has 1 amide bonds. The van der Waals surface area contributed by atoms with Gasteiger partial charge in [0.25, 0.3) is 5.91 Å². The third kappa shape index (κ3) is 3.94. The van der Waals surface area contributed by atoms with E-state index in [-0.39, 0.29) is 5.91 Å². The highest BCUT2D eigenvalue weighted by Crippen LogP contribution is 2.21. The third-order valence-corrected chi connectivity index (χ3v) is 5.24. The molecule has 0 bridgehead atoms. The number of aromatic nitrogens is 2. The fraction of sp³-hybridized carbons (Fsp3) is 0.450. The number of likely N-dealkylation sites (N-methyl/N-ethyl adjacent to an activating group) is 1. The van der Waals surface area contributed by atoms with E-state index in [0.717, 1.165) is 31.7 Å². The maximum Gasteiger partial charge on any atom is 0.254 e. The minimum atomic E-state index is -0.144. The van der Waals surface area contributed by atoms with Crippen LogP contribution in [0, 0.1) is 6.92 Å². The molecule has 1 aromatic heterocycles. The lowest BCUT2D eigenvalue weighted by Gasteiger charge is -2.32. The number of amides is 1. The maximum atomic E-state index is 12.6. The van der Waals surface area contributed by atoms with E-state index < -0.39 is 0 Å². The second kappa shape index (κ2) is 7.62. The first-order valence-electron chi connectivity index (χ1n) is 9.34. The van der Waals surface area contributed by atoms with Crippen LogP contribution in [0.4, 0.5) is 5.95 Å². The first-order chi connectivity index (χ1) is 13.1. The molecule has 0 aliphatic carbocycles. The monoisotopic (exact) mass is 367 g/mol. The number of nitrogens with one attached hydrogen (secondary N) is 1. The highest BCUT2D eigenvalue weighted by molar-refractivity contribution is 5.94. The van der Waals surface area contributed by atoms with Gasteiger partial charge in [0.2, 0.25) is 5.95 Å². The van der Waals surface area contributed by atoms with Gasteiger partial charge >= 0.3 is 0 Å². The summed E-state index contributed by atoms with van der Waals surface area (Å²) < 4.78 is 5.44. The summed E-state index contributed by atoms with van der Waals surface area (Å²) in [4.78, 5) is 26.0. The van der Waals surface area contributed by atoms with E-state index in [0.29, 0.717) is 37.0 Å². The minimum absolute atomic E-state index is 0.144. The van der Waals surface area contributed by atoms with E-state index >= 15 is 0 Å². The molecule has 7 nitrogen and oxygen atoms in total. The Bertz CT molecular complexity index is 846. The standard InChI is InChI=1S/C20H25N5O2/c1-14-18(11-22-20(23-14)25-7-5-24(2)6-8-25)19(26)21-10-15-3-4-16-12-27-13-17(16)9-15/h3-4,9,11H,5-8,10,12-13H2,1-2H3,(H,21,26). The molecule has 1 saturated heterocycles. The molecule has 4 rings (SSSR count). The molecule has 1 aromatic carbocycles. The number of fused-ring (bicyclic) bond motifs is 1. The van der Waals surface area contributed by atoms with Crippen LogP contribution >= 0.6 is 0 Å². The molecule has 2 aromatic rings. The molecule has 0 atom stereocenters. The van der Waals surface area contributed by atoms with Gasteiger partial charge in [-0.15, -0.1) is 0 Å². The molecule has 1 fully saturated rings. The molecule has 2 aliphatic rings. The van der Waals surface area contributed by atoms with Gasteiger partial charge in [-0.2, -0.15) is 0 Å². The topological polar surface area (TPSA) is 70.6 Å². The summed E-state index contributed by atoms with van der Waals surface area (Å²) in [5.74, 6) is 0.560. The Hall–Kier alpha value is -2.51. The zero-order valence-electron chi connectivity index (χ0n) is 15.9. The number of ether oxygens (including phenoxy) is 1. The van der Waals surface area contributed by atoms with Crippen molar-refractivity contribution in [2.45, 2.75) is 26.7 Å². The molecule has 0 saturated carbocycles. The van der Waals surface area contributed by atoms with Gasteiger partial charge in [0.15, 0.2) is 0 Å². The Labute approximate surface area is 159 Å². The smallest absolute Gasteiger partial charge is 0.254 e. The van der Waals surface area contributed by atoms with Crippen LogP contribution in [-0.4, -0.2) is 54.0 Å². The summed E-state index contributed by atoms with van der Waals surface area (Å²) in [5.41, 5.74) is 4.74. The average molecular weight is 367 g/mol. The van der Waals surface area contributed by atoms with Crippen molar-refractivity contribution in [2.24, 2.45) is 0 Å². The zero-order chi connectivity index (χ0) is 18.8. The van der Waals surface area contributed by atoms with Crippen LogP contribution < -0.4 is 10.2 Å². The number of rotatable bonds is 4. The van der Waals surface area contributed by atoms with Crippen LogP contribution in [0.1, 0.15) is 32.7 Å². The number of nitrogens with zero attached hydrogens (tertiary/aromatic N) is 4. The number of hydrogen-bond donors (Lipinski definition) is 1. The lowest BCUT2D eigenvalue weighted by atomic mass is 10.1. The van der Waals surface area contributed by atoms with E-state index in [1.807, 2.05) is 13.0 Å². The predicted molar refractivity (Wildman–Crippen MR) is 103 cm³/mol. The lowest BCUT2D eigenvalue weighted by Crippen LogP contribution is -2.45. The van der Waals surface area contributed by atoms with Gasteiger partial charge in [0.05, 0.1) is 24.5 Å². The van der Waals surface area contributed by atoms with Gasteiger partial charge in [0.1, 0.15) is 0 Å². The van der Waals surface area contributed by atoms with E-state index in [1.165, 1.54) is 11.1 Å². The van der Waals surface area contributed by atoms with E-state index in [1.54, 1.807) is 6.20 Å². The van der Waals surface area contributed by atoms with Crippen molar-refractivity contribution < 1.29 is 9.53 Å². The van der Waals surface area contributed by atoms with E-state index in [4.69, 9.17) is 4.74 Å². The molecule has 7 heteroatoms. The van der Waals surface area contributed by atoms with Crippen LogP contribution in [0.5, 0.6) is 0 Å². The fourth-order valence-corrected chi connectivity index (χ4v) is 3.45. The van der Waals surface area contributed by atoms with Crippen LogP contribution in [0.3, 0.4) is 0 Å². The molecule has 0 spiro atoms. The SMILES string of the molecule is Cc1nc(N2CCN(C)CC2)ncc1C(=O)NCc1ccc2c(c1)COC2. The van der Waals surface area contributed by atoms with Crippen LogP contribution in [-0.2, 0) is 24.5 Å². The van der Waals surface area contributed by atoms with Crippen molar-refractivity contribution in [1.82, 2.24) is 20.2 Å². The number of hydrogen-bond acceptors (Lipinski definition) is 6. The van der Waals surface area contributed by atoms with Gasteiger partial charge in [-0.25, -0.2) is 9.97 Å². The Morgan fingerprint density at radius 3 is 2.74 bits per heavy atom. The van der Waals surface area contributed by atoms with Crippen molar-refractivity contribution in [1.29, 1.82) is 0 Å². The quantitative estimate of drug-likeness (QED) is 0.883. The predicted octanol–water partition coefficient (Wildman–Crippen LogP) is 1.50. The van der Waals surface area contributed by atoms with Crippen molar-refractivity contribution in [3.8, 4) is 0 Å². The maximum absolute atomic E-state index is 12.6. The highest BCUT2D eigenvalue weighted by atomic mass is 16.5. The van der Waals surface area contributed by atoms with Crippen LogP contribution in [0.2, 0.25) is 0 Å². The zero-order valence-corrected chi connectivity index (χ0v) is 15.9. The van der Waals surface area contributed by atoms with Crippen molar-refractivity contribution in [3.05, 3.63) is 52.3 Å². The molecule has 0 unspecified atom stereocenters. The highest BCUT2D eigenvalue weighted by Gasteiger charge is 2.19. The Morgan fingerprint density at radius 1 is 1.19 bits per heavy atom. The number of anilines is 1. The summed E-state index contributed by atoms with van der Waals surface area (Å²) in [7, 11) is 2.12. The van der Waals surface area contributed by atoms with E-state index in [9.17, 15) is 4.79 Å². The molecule has 1 N–H and O–H groups in total. The summed E-state index contributed by atoms with van der Waals surface area (Å²) in [5, 5.41) is 2.97. The Balaban J connectivity index is 1.40. The number of aryl methyl sites for hydroxylation is 1. The number of carbonyl (C=O) groups excluding carboxylic acids is 1. The molecule has 27 heavy (non-hydrogen) atoms. The van der Waals surface area contributed by atoms with Gasteiger partial charge < -0.3 is 19.9 Å². The Morgan fingerprint density at radius 2 is 1.96 bits per heavy atom. The van der Waals surface area contributed by atoms with Crippen molar-refractivity contribution in [2.75, 3.05) is 38.1 Å². The van der Waals surface area contributed by atoms with Gasteiger partial charge in [-0.05, 0) is 30.7 Å². The normalized spacial score (nSPS) is 17.0. The van der Waals surface area contributed by atoms with E-state index in [2.05, 4.69) is 44.3 Å². The first kappa shape index (κ1) is 17.9. The average Bonchev–Trinajstić information content (AvgIpc) is 3.14. The van der Waals surface area contributed by atoms with Crippen molar-refractivity contribution >= 4 is 11.9 Å². The minimum Gasteiger partial charge on any atom is -0.372 e. The summed E-state index contributed by atoms with van der Waals surface area (Å²) >= 11 is 0. The van der Waals surface area contributed by atoms with Gasteiger partial charge in [-0.1, -0.05) is 18.2 Å². The van der Waals surface area contributed by atoms with Gasteiger partial charge in [-0.3, -0.25) is 4.79 Å². The fourth-order valence-electron chi connectivity index (χ4n) is 3.45. The second-order valence-electron chi connectivity index (χ2n) is 7.24.